The van der Waals surface area contributed by atoms with Gasteiger partial charge in [0.2, 0.25) is 0 Å². The van der Waals surface area contributed by atoms with Crippen LogP contribution in [0.1, 0.15) is 24.8 Å². The van der Waals surface area contributed by atoms with Crippen molar-refractivity contribution in [2.24, 2.45) is 15.2 Å². The number of phenolic OH excluding ortho intramolecular Hbond substituents is 1. The predicted molar refractivity (Wildman–Crippen MR) is 122 cm³/mol. The number of aromatic hydroxyl groups is 1. The van der Waals surface area contributed by atoms with Gasteiger partial charge in [-0.1, -0.05) is 12.1 Å². The maximum atomic E-state index is 10.1. The normalized spacial score (nSPS) is 27.7. The van der Waals surface area contributed by atoms with Gasteiger partial charge in [0.25, 0.3) is 0 Å². The van der Waals surface area contributed by atoms with Crippen molar-refractivity contribution in [3.63, 3.8) is 0 Å². The van der Waals surface area contributed by atoms with E-state index in [4.69, 9.17) is 11.4 Å². The molecule has 1 aromatic rings. The Hall–Kier alpha value is -1.53. The SMILES string of the molecule is C#CCCC1(CCNC[C@H]2CSC(C3CSC(c4ccccc4O)=N3)N2C)N=N1. The molecule has 0 spiro atoms. The molecule has 4 rings (SSSR count). The fraction of sp³-hybridized carbons (Fsp3) is 0.571. The molecule has 29 heavy (non-hydrogen) atoms. The summed E-state index contributed by atoms with van der Waals surface area (Å²) in [6.07, 6.45) is 7.88. The topological polar surface area (TPSA) is 72.6 Å². The highest BCUT2D eigenvalue weighted by molar-refractivity contribution is 8.14. The number of hydrogen-bond acceptors (Lipinski definition) is 8. The second-order valence-electron chi connectivity index (χ2n) is 7.71. The second kappa shape index (κ2) is 9.09. The molecule has 0 bridgehead atoms. The first-order chi connectivity index (χ1) is 14.1. The number of benzene rings is 1. The summed E-state index contributed by atoms with van der Waals surface area (Å²) < 4.78 is 0. The second-order valence-corrected chi connectivity index (χ2v) is 9.87. The summed E-state index contributed by atoms with van der Waals surface area (Å²) in [5.41, 5.74) is 0.645. The van der Waals surface area contributed by atoms with Crippen LogP contribution in [0.2, 0.25) is 0 Å². The van der Waals surface area contributed by atoms with Crippen LogP contribution in [0.4, 0.5) is 0 Å². The number of likely N-dealkylation sites (N-methyl/N-ethyl adjacent to an activating group) is 1. The van der Waals surface area contributed by atoms with Gasteiger partial charge in [-0.05, 0) is 25.7 Å². The van der Waals surface area contributed by atoms with Gasteiger partial charge < -0.3 is 10.4 Å². The van der Waals surface area contributed by atoms with E-state index in [-0.39, 0.29) is 11.7 Å². The van der Waals surface area contributed by atoms with Gasteiger partial charge in [0.15, 0.2) is 5.66 Å². The van der Waals surface area contributed by atoms with E-state index in [9.17, 15) is 5.11 Å². The van der Waals surface area contributed by atoms with E-state index in [2.05, 4.69) is 33.4 Å². The smallest absolute Gasteiger partial charge is 0.193 e. The highest BCUT2D eigenvalue weighted by Gasteiger charge is 2.40. The predicted octanol–water partition coefficient (Wildman–Crippen LogP) is 3.18. The van der Waals surface area contributed by atoms with Gasteiger partial charge >= 0.3 is 0 Å². The van der Waals surface area contributed by atoms with Gasteiger partial charge in [-0.25, -0.2) is 0 Å². The first kappa shape index (κ1) is 20.7. The molecule has 3 aliphatic heterocycles. The Labute approximate surface area is 181 Å². The number of nitrogens with zero attached hydrogens (tertiary/aromatic N) is 4. The van der Waals surface area contributed by atoms with Crippen molar-refractivity contribution < 1.29 is 5.11 Å². The number of thioether (sulfide) groups is 2. The molecule has 2 unspecified atom stereocenters. The Balaban J connectivity index is 1.25. The molecule has 3 aliphatic rings. The molecule has 1 aromatic carbocycles. The van der Waals surface area contributed by atoms with Gasteiger partial charge in [-0.2, -0.15) is 10.2 Å². The molecule has 8 heteroatoms. The van der Waals surface area contributed by atoms with Crippen molar-refractivity contribution in [1.29, 1.82) is 0 Å². The quantitative estimate of drug-likeness (QED) is 0.466. The van der Waals surface area contributed by atoms with Crippen LogP contribution in [0.5, 0.6) is 5.75 Å². The van der Waals surface area contributed by atoms with E-state index < -0.39 is 0 Å². The molecule has 3 atom stereocenters. The highest BCUT2D eigenvalue weighted by Crippen LogP contribution is 2.38. The zero-order chi connectivity index (χ0) is 20.3. The third kappa shape index (κ3) is 4.80. The van der Waals surface area contributed by atoms with Crippen LogP contribution in [0.15, 0.2) is 39.5 Å². The lowest BCUT2D eigenvalue weighted by molar-refractivity contribution is 0.241. The number of para-hydroxylation sites is 1. The molecule has 1 fully saturated rings. The van der Waals surface area contributed by atoms with Crippen molar-refractivity contribution in [2.75, 3.05) is 31.6 Å². The molecule has 3 heterocycles. The molecule has 0 amide bonds. The number of aliphatic imine (C=N–C) groups is 1. The Morgan fingerprint density at radius 3 is 2.90 bits per heavy atom. The van der Waals surface area contributed by atoms with E-state index >= 15 is 0 Å². The standard InChI is InChI=1S/C21H27N5OS2/c1-3-4-9-21(24-25-21)10-11-22-12-15-13-29-20(26(15)2)17-14-28-19(23-17)16-7-5-6-8-18(16)27/h1,5-8,15,17,20,22,27H,4,9-14H2,2H3/t15-,17?,20?/m0/s1. The number of hydrogen-bond donors (Lipinski definition) is 2. The first-order valence-corrected chi connectivity index (χ1v) is 12.1. The van der Waals surface area contributed by atoms with E-state index in [0.29, 0.717) is 17.2 Å². The van der Waals surface area contributed by atoms with Gasteiger partial charge in [0.05, 0.1) is 11.4 Å². The average molecular weight is 430 g/mol. The van der Waals surface area contributed by atoms with Crippen LogP contribution in [-0.2, 0) is 0 Å². The molecule has 0 radical (unpaired) electrons. The minimum atomic E-state index is -0.201. The lowest BCUT2D eigenvalue weighted by atomic mass is 10.0. The first-order valence-electron chi connectivity index (χ1n) is 10.0. The van der Waals surface area contributed by atoms with Crippen molar-refractivity contribution >= 4 is 28.6 Å². The van der Waals surface area contributed by atoms with Crippen molar-refractivity contribution in [3.8, 4) is 18.1 Å². The molecule has 1 saturated heterocycles. The van der Waals surface area contributed by atoms with Crippen LogP contribution in [0, 0.1) is 12.3 Å². The largest absolute Gasteiger partial charge is 0.507 e. The number of rotatable bonds is 9. The molecular formula is C21H27N5OS2. The summed E-state index contributed by atoms with van der Waals surface area (Å²) in [5.74, 6) is 5.05. The number of nitrogens with one attached hydrogen (secondary N) is 1. The summed E-state index contributed by atoms with van der Waals surface area (Å²) in [6.45, 7) is 1.87. The third-order valence-electron chi connectivity index (χ3n) is 5.71. The van der Waals surface area contributed by atoms with Crippen molar-refractivity contribution in [2.45, 2.75) is 42.4 Å². The Kier molecular flexibility index (Phi) is 6.50. The van der Waals surface area contributed by atoms with Gasteiger partial charge in [0, 0.05) is 48.9 Å². The maximum absolute atomic E-state index is 10.1. The molecule has 0 aromatic heterocycles. The summed E-state index contributed by atoms with van der Waals surface area (Å²) in [5, 5.41) is 23.4. The Morgan fingerprint density at radius 1 is 1.31 bits per heavy atom. The summed E-state index contributed by atoms with van der Waals surface area (Å²) >= 11 is 3.73. The summed E-state index contributed by atoms with van der Waals surface area (Å²) in [4.78, 5) is 7.41. The number of phenols is 1. The number of terminal acetylenes is 1. The minimum absolute atomic E-state index is 0.201. The molecule has 0 saturated carbocycles. The molecule has 2 N–H and O–H groups in total. The third-order valence-corrected chi connectivity index (χ3v) is 8.38. The lowest BCUT2D eigenvalue weighted by Gasteiger charge is -2.27. The van der Waals surface area contributed by atoms with E-state index in [1.54, 1.807) is 17.8 Å². The van der Waals surface area contributed by atoms with Crippen LogP contribution in [0.3, 0.4) is 0 Å². The Morgan fingerprint density at radius 2 is 2.14 bits per heavy atom. The molecule has 6 nitrogen and oxygen atoms in total. The summed E-state index contributed by atoms with van der Waals surface area (Å²) in [6, 6.07) is 8.21. The Bertz CT molecular complexity index is 831. The van der Waals surface area contributed by atoms with Gasteiger partial charge in [-0.15, -0.1) is 35.9 Å². The summed E-state index contributed by atoms with van der Waals surface area (Å²) in [7, 11) is 2.20. The highest BCUT2D eigenvalue weighted by atomic mass is 32.2. The van der Waals surface area contributed by atoms with E-state index in [1.165, 1.54) is 0 Å². The monoisotopic (exact) mass is 429 g/mol. The molecular weight excluding hydrogens is 402 g/mol. The minimum Gasteiger partial charge on any atom is -0.507 e. The average Bonchev–Trinajstić information content (AvgIpc) is 3.15. The molecule has 0 aliphatic carbocycles. The fourth-order valence-electron chi connectivity index (χ4n) is 3.80. The zero-order valence-corrected chi connectivity index (χ0v) is 18.3. The van der Waals surface area contributed by atoms with Crippen molar-refractivity contribution in [1.82, 2.24) is 10.2 Å². The van der Waals surface area contributed by atoms with E-state index in [0.717, 1.165) is 54.5 Å². The fourth-order valence-corrected chi connectivity index (χ4v) is 6.60. The van der Waals surface area contributed by atoms with Crippen LogP contribution in [0.25, 0.3) is 0 Å². The van der Waals surface area contributed by atoms with E-state index in [1.807, 2.05) is 30.0 Å². The van der Waals surface area contributed by atoms with Crippen LogP contribution < -0.4 is 5.32 Å². The van der Waals surface area contributed by atoms with Crippen molar-refractivity contribution in [3.05, 3.63) is 29.8 Å². The lowest BCUT2D eigenvalue weighted by Crippen LogP contribution is -2.44. The molecule has 154 valence electrons. The van der Waals surface area contributed by atoms with Gasteiger partial charge in [-0.3, -0.25) is 9.89 Å². The van der Waals surface area contributed by atoms with Crippen LogP contribution >= 0.6 is 23.5 Å². The maximum Gasteiger partial charge on any atom is 0.193 e. The van der Waals surface area contributed by atoms with Gasteiger partial charge in [0.1, 0.15) is 10.8 Å². The van der Waals surface area contributed by atoms with Crippen LogP contribution in [-0.4, -0.2) is 69.8 Å². The zero-order valence-electron chi connectivity index (χ0n) is 16.6.